The van der Waals surface area contributed by atoms with Crippen LogP contribution in [0.25, 0.3) is 0 Å². The van der Waals surface area contributed by atoms with E-state index in [9.17, 15) is 4.79 Å². The lowest BCUT2D eigenvalue weighted by Crippen LogP contribution is -2.02. The number of benzene rings is 1. The first kappa shape index (κ1) is 13.1. The van der Waals surface area contributed by atoms with Crippen molar-refractivity contribution >= 4 is 29.1 Å². The summed E-state index contributed by atoms with van der Waals surface area (Å²) in [6.45, 7) is 0. The summed E-state index contributed by atoms with van der Waals surface area (Å²) in [6, 6.07) is 5.13. The van der Waals surface area contributed by atoms with Gasteiger partial charge in [-0.15, -0.1) is 0 Å². The molecule has 0 amide bonds. The van der Waals surface area contributed by atoms with Crippen LogP contribution in [0, 0.1) is 0 Å². The van der Waals surface area contributed by atoms with Gasteiger partial charge in [0.25, 0.3) is 0 Å². The second kappa shape index (κ2) is 5.53. The molecule has 0 unspecified atom stereocenters. The predicted octanol–water partition coefficient (Wildman–Crippen LogP) is 2.58. The topological polar surface area (TPSA) is 84.3 Å². The molecule has 0 saturated carbocycles. The van der Waals surface area contributed by atoms with E-state index in [1.807, 2.05) is 0 Å². The predicted molar refractivity (Wildman–Crippen MR) is 70.3 cm³/mol. The highest BCUT2D eigenvalue weighted by Crippen LogP contribution is 2.28. The van der Waals surface area contributed by atoms with E-state index in [1.165, 1.54) is 19.5 Å². The minimum absolute atomic E-state index is 0.112. The number of anilines is 2. The number of carboxylic acid groups (broad SMARTS) is 1. The summed E-state index contributed by atoms with van der Waals surface area (Å²) in [5.74, 6) is -0.164. The van der Waals surface area contributed by atoms with Gasteiger partial charge in [-0.25, -0.2) is 14.8 Å². The van der Waals surface area contributed by atoms with Crippen LogP contribution in [0.15, 0.2) is 30.6 Å². The number of ether oxygens (including phenoxy) is 1. The first-order valence-corrected chi connectivity index (χ1v) is 5.64. The van der Waals surface area contributed by atoms with Crippen molar-refractivity contribution in [2.45, 2.75) is 0 Å². The fourth-order valence-electron chi connectivity index (χ4n) is 1.39. The van der Waals surface area contributed by atoms with Gasteiger partial charge in [0.2, 0.25) is 0 Å². The molecule has 0 atom stereocenters. The zero-order valence-electron chi connectivity index (χ0n) is 9.92. The third kappa shape index (κ3) is 3.11. The molecule has 1 heterocycles. The highest BCUT2D eigenvalue weighted by atomic mass is 35.5. The van der Waals surface area contributed by atoms with Crippen LogP contribution in [0.2, 0.25) is 5.02 Å². The Kier molecular flexibility index (Phi) is 3.82. The number of aromatic carboxylic acids is 1. The molecule has 0 aliphatic carbocycles. The van der Waals surface area contributed by atoms with Crippen LogP contribution < -0.4 is 10.1 Å². The maximum absolute atomic E-state index is 10.6. The zero-order valence-corrected chi connectivity index (χ0v) is 10.7. The lowest BCUT2D eigenvalue weighted by molar-refractivity contribution is 0.0690. The molecule has 1 aromatic heterocycles. The van der Waals surface area contributed by atoms with Gasteiger partial charge in [0.05, 0.1) is 24.5 Å². The van der Waals surface area contributed by atoms with Crippen molar-refractivity contribution in [2.24, 2.45) is 0 Å². The number of nitrogens with one attached hydrogen (secondary N) is 1. The molecule has 0 spiro atoms. The number of nitrogens with zero attached hydrogens (tertiary/aromatic N) is 2. The fraction of sp³-hybridized carbons (Fsp3) is 0.0833. The third-order valence-corrected chi connectivity index (χ3v) is 2.61. The van der Waals surface area contributed by atoms with Gasteiger partial charge in [-0.2, -0.15) is 0 Å². The maximum atomic E-state index is 10.6. The Bertz CT molecular complexity index is 602. The van der Waals surface area contributed by atoms with Crippen molar-refractivity contribution in [3.05, 3.63) is 41.3 Å². The van der Waals surface area contributed by atoms with Crippen LogP contribution in [0.1, 0.15) is 10.5 Å². The number of carboxylic acids is 1. The van der Waals surface area contributed by atoms with Gasteiger partial charge in [0, 0.05) is 11.8 Å². The minimum atomic E-state index is -1.12. The van der Waals surface area contributed by atoms with Crippen molar-refractivity contribution in [2.75, 3.05) is 12.4 Å². The van der Waals surface area contributed by atoms with Crippen molar-refractivity contribution in [1.29, 1.82) is 0 Å². The molecule has 0 aliphatic heterocycles. The maximum Gasteiger partial charge on any atom is 0.356 e. The van der Waals surface area contributed by atoms with E-state index < -0.39 is 5.97 Å². The number of rotatable bonds is 4. The molecule has 19 heavy (non-hydrogen) atoms. The number of aromatic nitrogens is 2. The summed E-state index contributed by atoms with van der Waals surface area (Å²) >= 11 is 5.91. The molecule has 2 N–H and O–H groups in total. The van der Waals surface area contributed by atoms with Crippen LogP contribution in [0.4, 0.5) is 11.5 Å². The molecule has 0 fully saturated rings. The SMILES string of the molecule is COc1cc(Nc2cnc(C(=O)O)cn2)ccc1Cl. The summed E-state index contributed by atoms with van der Waals surface area (Å²) in [6.07, 6.45) is 2.52. The number of halogens is 1. The first-order valence-electron chi connectivity index (χ1n) is 5.26. The van der Waals surface area contributed by atoms with E-state index >= 15 is 0 Å². The highest BCUT2D eigenvalue weighted by Gasteiger charge is 2.06. The fourth-order valence-corrected chi connectivity index (χ4v) is 1.58. The largest absolute Gasteiger partial charge is 0.495 e. The molecule has 98 valence electrons. The van der Waals surface area contributed by atoms with Crippen molar-refractivity contribution in [1.82, 2.24) is 9.97 Å². The highest BCUT2D eigenvalue weighted by molar-refractivity contribution is 6.32. The van der Waals surface area contributed by atoms with Crippen LogP contribution >= 0.6 is 11.6 Å². The van der Waals surface area contributed by atoms with Crippen molar-refractivity contribution in [3.63, 3.8) is 0 Å². The van der Waals surface area contributed by atoms with E-state index in [0.717, 1.165) is 0 Å². The van der Waals surface area contributed by atoms with Crippen molar-refractivity contribution < 1.29 is 14.6 Å². The van der Waals surface area contributed by atoms with E-state index in [1.54, 1.807) is 18.2 Å². The van der Waals surface area contributed by atoms with Gasteiger partial charge in [-0.1, -0.05) is 11.6 Å². The normalized spacial score (nSPS) is 10.0. The second-order valence-corrected chi connectivity index (χ2v) is 3.97. The molecule has 0 radical (unpaired) electrons. The van der Waals surface area contributed by atoms with E-state index in [4.69, 9.17) is 21.4 Å². The Labute approximate surface area is 114 Å². The summed E-state index contributed by atoms with van der Waals surface area (Å²) in [5.41, 5.74) is 0.595. The van der Waals surface area contributed by atoms with E-state index in [0.29, 0.717) is 22.3 Å². The Balaban J connectivity index is 2.19. The quantitative estimate of drug-likeness (QED) is 0.895. The zero-order chi connectivity index (χ0) is 13.8. The number of methoxy groups -OCH3 is 1. The van der Waals surface area contributed by atoms with Crippen LogP contribution in [0.5, 0.6) is 5.75 Å². The van der Waals surface area contributed by atoms with Gasteiger partial charge in [0.1, 0.15) is 11.6 Å². The Morgan fingerprint density at radius 1 is 1.37 bits per heavy atom. The lowest BCUT2D eigenvalue weighted by atomic mass is 10.3. The average molecular weight is 280 g/mol. The molecule has 0 bridgehead atoms. The van der Waals surface area contributed by atoms with E-state index in [2.05, 4.69) is 15.3 Å². The molecule has 0 aliphatic rings. The first-order chi connectivity index (χ1) is 9.10. The third-order valence-electron chi connectivity index (χ3n) is 2.29. The molecule has 0 saturated heterocycles. The molecule has 7 heteroatoms. The molecule has 2 rings (SSSR count). The monoisotopic (exact) mass is 279 g/mol. The standard InChI is InChI=1S/C12H10ClN3O3/c1-19-10-4-7(2-3-8(10)13)16-11-6-14-9(5-15-11)12(17)18/h2-6H,1H3,(H,15,16)(H,17,18). The average Bonchev–Trinajstić information content (AvgIpc) is 2.41. The van der Waals surface area contributed by atoms with Crippen LogP contribution in [0.3, 0.4) is 0 Å². The van der Waals surface area contributed by atoms with Gasteiger partial charge < -0.3 is 15.2 Å². The smallest absolute Gasteiger partial charge is 0.356 e. The lowest BCUT2D eigenvalue weighted by Gasteiger charge is -2.08. The van der Waals surface area contributed by atoms with Gasteiger partial charge in [-0.3, -0.25) is 0 Å². The van der Waals surface area contributed by atoms with Crippen LogP contribution in [-0.4, -0.2) is 28.2 Å². The van der Waals surface area contributed by atoms with E-state index in [-0.39, 0.29) is 5.69 Å². The Morgan fingerprint density at radius 3 is 2.74 bits per heavy atom. The van der Waals surface area contributed by atoms with Crippen molar-refractivity contribution in [3.8, 4) is 5.75 Å². The molecular formula is C12H10ClN3O3. The summed E-state index contributed by atoms with van der Waals surface area (Å²) in [7, 11) is 1.52. The number of hydrogen-bond donors (Lipinski definition) is 2. The number of hydrogen-bond acceptors (Lipinski definition) is 5. The van der Waals surface area contributed by atoms with Gasteiger partial charge >= 0.3 is 5.97 Å². The minimum Gasteiger partial charge on any atom is -0.495 e. The summed E-state index contributed by atoms with van der Waals surface area (Å²) in [4.78, 5) is 18.3. The number of carbonyl (C=O) groups is 1. The van der Waals surface area contributed by atoms with Gasteiger partial charge in [0.15, 0.2) is 5.69 Å². The van der Waals surface area contributed by atoms with Crippen LogP contribution in [-0.2, 0) is 0 Å². The summed E-state index contributed by atoms with van der Waals surface area (Å²) in [5, 5.41) is 12.2. The van der Waals surface area contributed by atoms with Gasteiger partial charge in [-0.05, 0) is 12.1 Å². The Morgan fingerprint density at radius 2 is 2.16 bits per heavy atom. The molecule has 1 aromatic carbocycles. The Hall–Kier alpha value is -2.34. The molecule has 6 nitrogen and oxygen atoms in total. The summed E-state index contributed by atoms with van der Waals surface area (Å²) < 4.78 is 5.09. The molecular weight excluding hydrogens is 270 g/mol. The second-order valence-electron chi connectivity index (χ2n) is 3.57. The molecule has 2 aromatic rings.